The summed E-state index contributed by atoms with van der Waals surface area (Å²) in [4.78, 5) is 8.62. The minimum Gasteiger partial charge on any atom is -0.369 e. The first kappa shape index (κ1) is 19.8. The monoisotopic (exact) mass is 419 g/mol. The number of sulfonamides is 1. The third-order valence-electron chi connectivity index (χ3n) is 4.52. The Labute approximate surface area is 175 Å². The molecule has 0 atom stereocenters. The standard InChI is InChI=1S/C22H21N5O2S/c28-30(29,20-10-8-19(9-11-20)18-6-2-1-3-7-18)26-13-12-23-21-16-22(25-17-24-21)27-14-4-5-15-27/h1-11,14-17,26H,12-13H2,(H,23,24,25). The van der Waals surface area contributed by atoms with Gasteiger partial charge in [0, 0.05) is 31.5 Å². The normalized spacial score (nSPS) is 11.3. The smallest absolute Gasteiger partial charge is 0.240 e. The second kappa shape index (κ2) is 8.89. The Morgan fingerprint density at radius 1 is 0.800 bits per heavy atom. The van der Waals surface area contributed by atoms with E-state index in [1.54, 1.807) is 18.2 Å². The van der Waals surface area contributed by atoms with Gasteiger partial charge in [0.25, 0.3) is 0 Å². The summed E-state index contributed by atoms with van der Waals surface area (Å²) in [5.74, 6) is 1.36. The molecule has 2 heterocycles. The van der Waals surface area contributed by atoms with E-state index in [1.165, 1.54) is 6.33 Å². The van der Waals surface area contributed by atoms with Crippen LogP contribution in [0.25, 0.3) is 16.9 Å². The van der Waals surface area contributed by atoms with Gasteiger partial charge in [-0.05, 0) is 35.4 Å². The maximum absolute atomic E-state index is 12.5. The van der Waals surface area contributed by atoms with Gasteiger partial charge in [-0.15, -0.1) is 0 Å². The van der Waals surface area contributed by atoms with E-state index in [0.29, 0.717) is 12.4 Å². The molecule has 0 unspecified atom stereocenters. The fraction of sp³-hybridized carbons (Fsp3) is 0.0909. The van der Waals surface area contributed by atoms with Crippen molar-refractivity contribution in [1.82, 2.24) is 19.3 Å². The molecule has 4 aromatic rings. The van der Waals surface area contributed by atoms with Gasteiger partial charge >= 0.3 is 0 Å². The topological polar surface area (TPSA) is 88.9 Å². The van der Waals surface area contributed by atoms with Crippen LogP contribution in [0.3, 0.4) is 0 Å². The van der Waals surface area contributed by atoms with Crippen molar-refractivity contribution in [3.8, 4) is 16.9 Å². The second-order valence-corrected chi connectivity index (χ2v) is 8.33. The highest BCUT2D eigenvalue weighted by molar-refractivity contribution is 7.89. The Balaban J connectivity index is 1.33. The van der Waals surface area contributed by atoms with E-state index in [-0.39, 0.29) is 11.4 Å². The van der Waals surface area contributed by atoms with E-state index < -0.39 is 10.0 Å². The van der Waals surface area contributed by atoms with Crippen LogP contribution >= 0.6 is 0 Å². The quantitative estimate of drug-likeness (QED) is 0.428. The lowest BCUT2D eigenvalue weighted by Crippen LogP contribution is -2.29. The molecule has 0 aliphatic heterocycles. The van der Waals surface area contributed by atoms with Crippen LogP contribution in [0.5, 0.6) is 0 Å². The van der Waals surface area contributed by atoms with Crippen molar-refractivity contribution in [1.29, 1.82) is 0 Å². The summed E-state index contributed by atoms with van der Waals surface area (Å²) in [6, 6.07) is 22.3. The summed E-state index contributed by atoms with van der Waals surface area (Å²) in [6.45, 7) is 0.620. The Morgan fingerprint density at radius 3 is 2.23 bits per heavy atom. The number of anilines is 1. The van der Waals surface area contributed by atoms with E-state index in [0.717, 1.165) is 16.9 Å². The molecule has 0 spiro atoms. The lowest BCUT2D eigenvalue weighted by atomic mass is 10.1. The second-order valence-electron chi connectivity index (χ2n) is 6.57. The number of nitrogens with one attached hydrogen (secondary N) is 2. The molecule has 0 fully saturated rings. The fourth-order valence-electron chi connectivity index (χ4n) is 2.99. The van der Waals surface area contributed by atoms with Crippen molar-refractivity contribution in [3.05, 3.63) is 91.5 Å². The number of hydrogen-bond acceptors (Lipinski definition) is 5. The molecule has 2 aromatic carbocycles. The summed E-state index contributed by atoms with van der Waals surface area (Å²) in [6.07, 6.45) is 5.25. The minimum absolute atomic E-state index is 0.228. The van der Waals surface area contributed by atoms with Gasteiger partial charge in [0.15, 0.2) is 0 Å². The van der Waals surface area contributed by atoms with Crippen molar-refractivity contribution >= 4 is 15.8 Å². The van der Waals surface area contributed by atoms with Crippen molar-refractivity contribution in [2.24, 2.45) is 0 Å². The summed E-state index contributed by atoms with van der Waals surface area (Å²) in [5.41, 5.74) is 2.02. The van der Waals surface area contributed by atoms with E-state index in [4.69, 9.17) is 0 Å². The largest absolute Gasteiger partial charge is 0.369 e. The Morgan fingerprint density at radius 2 is 1.50 bits per heavy atom. The maximum atomic E-state index is 12.5. The average molecular weight is 420 g/mol. The first-order valence-corrected chi connectivity index (χ1v) is 10.9. The molecule has 0 aliphatic rings. The number of nitrogens with zero attached hydrogens (tertiary/aromatic N) is 3. The van der Waals surface area contributed by atoms with Crippen LogP contribution in [-0.2, 0) is 10.0 Å². The molecule has 7 nitrogen and oxygen atoms in total. The molecule has 0 radical (unpaired) electrons. The van der Waals surface area contributed by atoms with Crippen molar-refractivity contribution in [3.63, 3.8) is 0 Å². The van der Waals surface area contributed by atoms with Crippen molar-refractivity contribution < 1.29 is 8.42 Å². The summed E-state index contributed by atoms with van der Waals surface area (Å²) in [5, 5.41) is 3.11. The molecular weight excluding hydrogens is 398 g/mol. The molecule has 30 heavy (non-hydrogen) atoms. The SMILES string of the molecule is O=S(=O)(NCCNc1cc(-n2cccc2)ncn1)c1ccc(-c2ccccc2)cc1. The van der Waals surface area contributed by atoms with Gasteiger partial charge in [-0.25, -0.2) is 23.1 Å². The molecule has 8 heteroatoms. The predicted molar refractivity (Wildman–Crippen MR) is 117 cm³/mol. The lowest BCUT2D eigenvalue weighted by molar-refractivity contribution is 0.583. The van der Waals surface area contributed by atoms with Gasteiger partial charge < -0.3 is 9.88 Å². The van der Waals surface area contributed by atoms with Crippen LogP contribution in [0.15, 0.2) is 96.4 Å². The highest BCUT2D eigenvalue weighted by Gasteiger charge is 2.13. The van der Waals surface area contributed by atoms with Crippen LogP contribution < -0.4 is 10.0 Å². The zero-order valence-corrected chi connectivity index (χ0v) is 17.0. The van der Waals surface area contributed by atoms with Crippen molar-refractivity contribution in [2.75, 3.05) is 18.4 Å². The summed E-state index contributed by atoms with van der Waals surface area (Å²) < 4.78 is 29.5. The molecule has 2 N–H and O–H groups in total. The van der Waals surface area contributed by atoms with E-state index >= 15 is 0 Å². The fourth-order valence-corrected chi connectivity index (χ4v) is 4.02. The third kappa shape index (κ3) is 4.73. The minimum atomic E-state index is -3.58. The molecule has 2 aromatic heterocycles. The van der Waals surface area contributed by atoms with Crippen LogP contribution in [0.4, 0.5) is 5.82 Å². The Hall–Kier alpha value is -3.49. The summed E-state index contributed by atoms with van der Waals surface area (Å²) in [7, 11) is -3.58. The van der Waals surface area contributed by atoms with Gasteiger partial charge in [-0.2, -0.15) is 0 Å². The van der Waals surface area contributed by atoms with Gasteiger partial charge in [-0.3, -0.25) is 0 Å². The Kier molecular flexibility index (Phi) is 5.87. The lowest BCUT2D eigenvalue weighted by Gasteiger charge is -2.10. The molecular formula is C22H21N5O2S. The number of hydrogen-bond donors (Lipinski definition) is 2. The number of rotatable bonds is 8. The van der Waals surface area contributed by atoms with Crippen LogP contribution in [0.1, 0.15) is 0 Å². The Bertz CT molecular complexity index is 1190. The summed E-state index contributed by atoms with van der Waals surface area (Å²) >= 11 is 0. The first-order chi connectivity index (χ1) is 14.6. The maximum Gasteiger partial charge on any atom is 0.240 e. The number of benzene rings is 2. The molecule has 0 aliphatic carbocycles. The molecule has 0 amide bonds. The first-order valence-electron chi connectivity index (χ1n) is 9.46. The van der Waals surface area contributed by atoms with Gasteiger partial charge in [0.1, 0.15) is 18.0 Å². The van der Waals surface area contributed by atoms with Crippen LogP contribution in [-0.4, -0.2) is 36.0 Å². The molecule has 0 bridgehead atoms. The van der Waals surface area contributed by atoms with Crippen LogP contribution in [0, 0.1) is 0 Å². The predicted octanol–water partition coefficient (Wildman–Crippen LogP) is 3.32. The molecule has 4 rings (SSSR count). The van der Waals surface area contributed by atoms with Gasteiger partial charge in [0.2, 0.25) is 10.0 Å². The highest BCUT2D eigenvalue weighted by atomic mass is 32.2. The molecule has 0 saturated carbocycles. The number of aromatic nitrogens is 3. The van der Waals surface area contributed by atoms with Gasteiger partial charge in [0.05, 0.1) is 4.90 Å². The molecule has 152 valence electrons. The average Bonchev–Trinajstić information content (AvgIpc) is 3.33. The zero-order chi connectivity index (χ0) is 20.8. The third-order valence-corrected chi connectivity index (χ3v) is 5.99. The van der Waals surface area contributed by atoms with Crippen LogP contribution in [0.2, 0.25) is 0 Å². The van der Waals surface area contributed by atoms with E-state index in [1.807, 2.05) is 71.6 Å². The van der Waals surface area contributed by atoms with E-state index in [9.17, 15) is 8.42 Å². The van der Waals surface area contributed by atoms with Crippen molar-refractivity contribution in [2.45, 2.75) is 4.90 Å². The van der Waals surface area contributed by atoms with E-state index in [2.05, 4.69) is 20.0 Å². The zero-order valence-electron chi connectivity index (χ0n) is 16.1. The highest BCUT2D eigenvalue weighted by Crippen LogP contribution is 2.20. The van der Waals surface area contributed by atoms with Gasteiger partial charge in [-0.1, -0.05) is 42.5 Å². The molecule has 0 saturated heterocycles.